The summed E-state index contributed by atoms with van der Waals surface area (Å²) >= 11 is 0. The summed E-state index contributed by atoms with van der Waals surface area (Å²) in [7, 11) is 3.56. The lowest BCUT2D eigenvalue weighted by atomic mass is 9.79. The molecule has 4 heteroatoms. The molecule has 0 bridgehead atoms. The summed E-state index contributed by atoms with van der Waals surface area (Å²) in [4.78, 5) is 4.61. The Kier molecular flexibility index (Phi) is 7.76. The van der Waals surface area contributed by atoms with Crippen LogP contribution in [0, 0.1) is 0 Å². The number of hydrogen-bond donors (Lipinski definition) is 0. The van der Waals surface area contributed by atoms with Crippen molar-refractivity contribution in [2.75, 3.05) is 7.11 Å². The van der Waals surface area contributed by atoms with E-state index in [4.69, 9.17) is 4.74 Å². The van der Waals surface area contributed by atoms with E-state index < -0.39 is 0 Å². The van der Waals surface area contributed by atoms with Crippen molar-refractivity contribution < 1.29 is 4.74 Å². The van der Waals surface area contributed by atoms with E-state index in [0.29, 0.717) is 6.01 Å². The Balaban J connectivity index is 2.77. The Morgan fingerprint density at radius 1 is 1.00 bits per heavy atom. The second-order valence-electron chi connectivity index (χ2n) is 6.37. The number of ether oxygens (including phenoxy) is 1. The van der Waals surface area contributed by atoms with Crippen LogP contribution in [0.2, 0.25) is 0 Å². The maximum absolute atomic E-state index is 5.28. The van der Waals surface area contributed by atoms with Crippen LogP contribution < -0.4 is 4.74 Å². The zero-order chi connectivity index (χ0) is 15.7. The van der Waals surface area contributed by atoms with Gasteiger partial charge in [0.2, 0.25) is 0 Å². The Morgan fingerprint density at radius 2 is 1.57 bits per heavy atom. The van der Waals surface area contributed by atoms with Crippen molar-refractivity contribution in [2.45, 2.75) is 84.0 Å². The first kappa shape index (κ1) is 18.0. The molecule has 1 aromatic rings. The van der Waals surface area contributed by atoms with Crippen LogP contribution in [-0.4, -0.2) is 21.9 Å². The fourth-order valence-electron chi connectivity index (χ4n) is 2.86. The van der Waals surface area contributed by atoms with Gasteiger partial charge in [-0.15, -0.1) is 0 Å². The van der Waals surface area contributed by atoms with Crippen LogP contribution >= 0.6 is 0 Å². The molecule has 0 amide bonds. The van der Waals surface area contributed by atoms with Crippen molar-refractivity contribution in [1.82, 2.24) is 14.8 Å². The van der Waals surface area contributed by atoms with Crippen LogP contribution in [0.25, 0.3) is 0 Å². The van der Waals surface area contributed by atoms with Gasteiger partial charge in [0.05, 0.1) is 7.11 Å². The van der Waals surface area contributed by atoms with Gasteiger partial charge in [-0.1, -0.05) is 65.7 Å². The molecule has 0 aliphatic heterocycles. The predicted octanol–water partition coefficient (Wildman–Crippen LogP) is 4.63. The fourth-order valence-corrected chi connectivity index (χ4v) is 2.86. The summed E-state index contributed by atoms with van der Waals surface area (Å²) in [6.45, 7) is 6.83. The maximum Gasteiger partial charge on any atom is 0.314 e. The lowest BCUT2D eigenvalue weighted by molar-refractivity contribution is 0.344. The lowest BCUT2D eigenvalue weighted by Crippen LogP contribution is -2.24. The maximum atomic E-state index is 5.28. The topological polar surface area (TPSA) is 39.9 Å². The normalized spacial score (nSPS) is 14.1. The van der Waals surface area contributed by atoms with Crippen LogP contribution in [0.3, 0.4) is 0 Å². The number of aromatic nitrogens is 3. The van der Waals surface area contributed by atoms with E-state index in [9.17, 15) is 0 Å². The SMILES string of the molecule is CCCCCCC(C)(CCCCC)c1nc(OC)n(C)n1. The molecule has 1 aromatic heterocycles. The molecular weight excluding hydrogens is 262 g/mol. The van der Waals surface area contributed by atoms with Gasteiger partial charge in [0.25, 0.3) is 0 Å². The molecule has 1 heterocycles. The molecule has 1 rings (SSSR count). The number of aryl methyl sites for hydroxylation is 1. The molecular formula is C17H33N3O. The van der Waals surface area contributed by atoms with Crippen LogP contribution in [0.5, 0.6) is 6.01 Å². The predicted molar refractivity (Wildman–Crippen MR) is 87.8 cm³/mol. The third-order valence-corrected chi connectivity index (χ3v) is 4.36. The van der Waals surface area contributed by atoms with E-state index in [2.05, 4.69) is 30.9 Å². The Bertz CT molecular complexity index is 403. The van der Waals surface area contributed by atoms with E-state index >= 15 is 0 Å². The second kappa shape index (κ2) is 9.06. The quantitative estimate of drug-likeness (QED) is 0.559. The van der Waals surface area contributed by atoms with Crippen LogP contribution in [0.4, 0.5) is 0 Å². The number of methoxy groups -OCH3 is 1. The molecule has 0 saturated heterocycles. The highest BCUT2D eigenvalue weighted by molar-refractivity contribution is 5.09. The molecule has 0 aliphatic rings. The number of hydrogen-bond acceptors (Lipinski definition) is 3. The van der Waals surface area contributed by atoms with E-state index in [1.807, 2.05) is 7.05 Å². The van der Waals surface area contributed by atoms with Crippen molar-refractivity contribution in [1.29, 1.82) is 0 Å². The molecule has 0 radical (unpaired) electrons. The van der Waals surface area contributed by atoms with Gasteiger partial charge in [0.1, 0.15) is 0 Å². The van der Waals surface area contributed by atoms with Crippen molar-refractivity contribution in [3.8, 4) is 6.01 Å². The zero-order valence-corrected chi connectivity index (χ0v) is 14.6. The van der Waals surface area contributed by atoms with Crippen molar-refractivity contribution in [3.05, 3.63) is 5.82 Å². The molecule has 1 unspecified atom stereocenters. The van der Waals surface area contributed by atoms with Gasteiger partial charge >= 0.3 is 6.01 Å². The largest absolute Gasteiger partial charge is 0.467 e. The van der Waals surface area contributed by atoms with Crippen LogP contribution in [0.15, 0.2) is 0 Å². The van der Waals surface area contributed by atoms with Crippen molar-refractivity contribution >= 4 is 0 Å². The fraction of sp³-hybridized carbons (Fsp3) is 0.882. The van der Waals surface area contributed by atoms with E-state index in [0.717, 1.165) is 5.82 Å². The molecule has 0 N–H and O–H groups in total. The second-order valence-corrected chi connectivity index (χ2v) is 6.37. The molecule has 21 heavy (non-hydrogen) atoms. The smallest absolute Gasteiger partial charge is 0.314 e. The third kappa shape index (κ3) is 5.33. The summed E-state index contributed by atoms with van der Waals surface area (Å²) in [5, 5.41) is 4.61. The zero-order valence-electron chi connectivity index (χ0n) is 14.6. The highest BCUT2D eigenvalue weighted by Crippen LogP contribution is 2.34. The lowest BCUT2D eigenvalue weighted by Gasteiger charge is -2.26. The third-order valence-electron chi connectivity index (χ3n) is 4.36. The highest BCUT2D eigenvalue weighted by Gasteiger charge is 2.31. The van der Waals surface area contributed by atoms with E-state index in [1.54, 1.807) is 11.8 Å². The van der Waals surface area contributed by atoms with Crippen LogP contribution in [0.1, 0.15) is 84.4 Å². The summed E-state index contributed by atoms with van der Waals surface area (Å²) in [6, 6.07) is 0.611. The van der Waals surface area contributed by atoms with Gasteiger partial charge in [-0.05, 0) is 12.8 Å². The molecule has 122 valence electrons. The van der Waals surface area contributed by atoms with Gasteiger partial charge in [-0.3, -0.25) is 0 Å². The first-order chi connectivity index (χ1) is 10.1. The summed E-state index contributed by atoms with van der Waals surface area (Å²) < 4.78 is 7.03. The molecule has 1 atom stereocenters. The minimum Gasteiger partial charge on any atom is -0.467 e. The summed E-state index contributed by atoms with van der Waals surface area (Å²) in [6.07, 6.45) is 11.3. The Morgan fingerprint density at radius 3 is 2.10 bits per heavy atom. The van der Waals surface area contributed by atoms with Gasteiger partial charge in [-0.25, -0.2) is 4.68 Å². The van der Waals surface area contributed by atoms with Crippen molar-refractivity contribution in [3.63, 3.8) is 0 Å². The Labute approximate surface area is 130 Å². The van der Waals surface area contributed by atoms with Gasteiger partial charge < -0.3 is 4.74 Å². The molecule has 0 spiro atoms. The van der Waals surface area contributed by atoms with E-state index in [1.165, 1.54) is 57.8 Å². The molecule has 0 aliphatic carbocycles. The van der Waals surface area contributed by atoms with E-state index in [-0.39, 0.29) is 5.41 Å². The molecule has 0 fully saturated rings. The molecule has 0 saturated carbocycles. The van der Waals surface area contributed by atoms with Gasteiger partial charge in [0, 0.05) is 12.5 Å². The highest BCUT2D eigenvalue weighted by atomic mass is 16.5. The summed E-state index contributed by atoms with van der Waals surface area (Å²) in [5.74, 6) is 0.953. The number of unbranched alkanes of at least 4 members (excludes halogenated alkanes) is 5. The van der Waals surface area contributed by atoms with Gasteiger partial charge in [0.15, 0.2) is 5.82 Å². The van der Waals surface area contributed by atoms with Crippen LogP contribution in [-0.2, 0) is 12.5 Å². The number of rotatable bonds is 11. The number of nitrogens with zero attached hydrogens (tertiary/aromatic N) is 3. The molecule has 0 aromatic carbocycles. The summed E-state index contributed by atoms with van der Waals surface area (Å²) in [5.41, 5.74) is 0.0808. The first-order valence-electron chi connectivity index (χ1n) is 8.53. The standard InChI is InChI=1S/C17H33N3O/c1-6-8-10-12-14-17(3,13-11-9-7-2)15-18-16(21-5)20(4)19-15/h6-14H2,1-5H3. The van der Waals surface area contributed by atoms with Crippen molar-refractivity contribution in [2.24, 2.45) is 7.05 Å². The minimum absolute atomic E-state index is 0.0808. The average molecular weight is 295 g/mol. The molecule has 4 nitrogen and oxygen atoms in total. The Hall–Kier alpha value is -1.06. The van der Waals surface area contributed by atoms with Gasteiger partial charge in [-0.2, -0.15) is 10.1 Å². The minimum atomic E-state index is 0.0808. The average Bonchev–Trinajstić information content (AvgIpc) is 2.86. The first-order valence-corrected chi connectivity index (χ1v) is 8.53. The monoisotopic (exact) mass is 295 g/mol.